The van der Waals surface area contributed by atoms with Crippen LogP contribution in [0, 0.1) is 0 Å². The minimum Gasteiger partial charge on any atom is -0.352 e. The topological polar surface area (TPSA) is 127 Å². The third-order valence-corrected chi connectivity index (χ3v) is 11.7. The highest BCUT2D eigenvalue weighted by atomic mass is 32.2. The number of H-pyrrole nitrogens is 1. The van der Waals surface area contributed by atoms with E-state index in [1.54, 1.807) is 10.9 Å². The molecule has 2 aromatic heterocycles. The quantitative estimate of drug-likeness (QED) is 0.0376. The molecule has 11 nitrogen and oxygen atoms in total. The number of nitrogens with zero attached hydrogens (tertiary/aromatic N) is 3. The standard InChI is InChI=1S/C35H63N4O7PS/c1-5-8-10-12-13-14-15-16-18-20-25-48-31(21-19-17-11-9-6-2)29(4)45-46-47(41,42-24-7-3)43-26-30-22-23-32(44-30)39-28-38-33-34(39)36-27-37-35(33)40/h27-32H,5-26H2,1-4H3,(H,36,37,40)/t29?,30-,31?,32+,47?/m0/s1. The molecule has 1 saturated heterocycles. The van der Waals surface area contributed by atoms with Gasteiger partial charge in [-0.1, -0.05) is 111 Å². The van der Waals surface area contributed by atoms with Gasteiger partial charge in [-0.05, 0) is 44.8 Å². The molecule has 2 aromatic rings. The van der Waals surface area contributed by atoms with Crippen LogP contribution in [-0.2, 0) is 27.9 Å². The van der Waals surface area contributed by atoms with Crippen LogP contribution in [0.25, 0.3) is 11.2 Å². The van der Waals surface area contributed by atoms with Crippen molar-refractivity contribution in [1.29, 1.82) is 0 Å². The number of fused-ring (bicyclic) bond motifs is 1. The van der Waals surface area contributed by atoms with E-state index in [-0.39, 0.29) is 48.0 Å². The average Bonchev–Trinajstić information content (AvgIpc) is 3.75. The molecule has 0 amide bonds. The number of phosphoric ester groups is 1. The Bertz CT molecular complexity index is 1230. The minimum atomic E-state index is -3.99. The smallest absolute Gasteiger partial charge is 0.352 e. The van der Waals surface area contributed by atoms with Gasteiger partial charge >= 0.3 is 7.82 Å². The molecule has 3 rings (SSSR count). The summed E-state index contributed by atoms with van der Waals surface area (Å²) >= 11 is 1.94. The molecule has 1 aliphatic heterocycles. The predicted molar refractivity (Wildman–Crippen MR) is 194 cm³/mol. The van der Waals surface area contributed by atoms with Crippen molar-refractivity contribution in [1.82, 2.24) is 19.5 Å². The predicted octanol–water partition coefficient (Wildman–Crippen LogP) is 10.1. The summed E-state index contributed by atoms with van der Waals surface area (Å²) in [5.74, 6) is 1.08. The third kappa shape index (κ3) is 14.9. The maximum Gasteiger partial charge on any atom is 0.502 e. The molecule has 0 spiro atoms. The molecular formula is C35H63N4O7PS. The van der Waals surface area contributed by atoms with Crippen molar-refractivity contribution < 1.29 is 27.9 Å². The molecule has 3 heterocycles. The monoisotopic (exact) mass is 714 g/mol. The number of imidazole rings is 1. The number of aromatic amines is 1. The van der Waals surface area contributed by atoms with Crippen LogP contribution < -0.4 is 5.56 Å². The zero-order valence-corrected chi connectivity index (χ0v) is 31.8. The number of ether oxygens (including phenoxy) is 1. The molecule has 5 atom stereocenters. The Morgan fingerprint density at radius 2 is 1.58 bits per heavy atom. The second-order valence-corrected chi connectivity index (χ2v) is 16.0. The number of nitrogens with one attached hydrogen (secondary N) is 1. The molecule has 0 bridgehead atoms. The van der Waals surface area contributed by atoms with Crippen molar-refractivity contribution >= 4 is 30.7 Å². The fourth-order valence-corrected chi connectivity index (χ4v) is 8.43. The number of phosphoric acid groups is 1. The van der Waals surface area contributed by atoms with Crippen LogP contribution in [0.5, 0.6) is 0 Å². The van der Waals surface area contributed by atoms with Crippen LogP contribution in [0.3, 0.4) is 0 Å². The first-order valence-electron chi connectivity index (χ1n) is 18.8. The van der Waals surface area contributed by atoms with Crippen molar-refractivity contribution in [2.45, 2.75) is 173 Å². The Hall–Kier alpha value is -1.27. The summed E-state index contributed by atoms with van der Waals surface area (Å²) in [4.78, 5) is 28.8. The zero-order chi connectivity index (χ0) is 34.5. The lowest BCUT2D eigenvalue weighted by Gasteiger charge is -2.25. The van der Waals surface area contributed by atoms with Gasteiger partial charge in [0, 0.05) is 5.25 Å². The van der Waals surface area contributed by atoms with Gasteiger partial charge in [-0.3, -0.25) is 18.4 Å². The van der Waals surface area contributed by atoms with E-state index in [9.17, 15) is 9.36 Å². The van der Waals surface area contributed by atoms with E-state index in [2.05, 4.69) is 28.8 Å². The van der Waals surface area contributed by atoms with Gasteiger partial charge in [-0.15, -0.1) is 4.67 Å². The lowest BCUT2D eigenvalue weighted by molar-refractivity contribution is -0.257. The van der Waals surface area contributed by atoms with Crippen LogP contribution in [0.1, 0.15) is 156 Å². The highest BCUT2D eigenvalue weighted by molar-refractivity contribution is 7.99. The van der Waals surface area contributed by atoms with Gasteiger partial charge in [-0.2, -0.15) is 11.8 Å². The number of unbranched alkanes of at least 4 members (excludes halogenated alkanes) is 13. The molecule has 13 heteroatoms. The van der Waals surface area contributed by atoms with Crippen molar-refractivity contribution in [3.05, 3.63) is 23.0 Å². The highest BCUT2D eigenvalue weighted by Crippen LogP contribution is 2.51. The van der Waals surface area contributed by atoms with E-state index in [1.165, 1.54) is 96.2 Å². The Balaban J connectivity index is 1.45. The fourth-order valence-electron chi connectivity index (χ4n) is 5.95. The molecular weight excluding hydrogens is 651 g/mol. The summed E-state index contributed by atoms with van der Waals surface area (Å²) in [6.45, 7) is 8.67. The SMILES string of the molecule is CCCCCCCCCCCCSC(CCCCCCC)C(C)OOP(=O)(OCCC)OC[C@@H]1CC[C@H](n2cnc3c(=O)[nH]cnc32)O1. The van der Waals surface area contributed by atoms with E-state index >= 15 is 0 Å². The first-order valence-corrected chi connectivity index (χ1v) is 21.3. The molecule has 0 aromatic carbocycles. The largest absolute Gasteiger partial charge is 0.502 e. The second-order valence-electron chi connectivity index (χ2n) is 13.1. The number of hydrogen-bond acceptors (Lipinski definition) is 10. The molecule has 0 saturated carbocycles. The maximum atomic E-state index is 13.7. The van der Waals surface area contributed by atoms with E-state index in [0.717, 1.165) is 18.6 Å². The van der Waals surface area contributed by atoms with E-state index < -0.39 is 7.82 Å². The molecule has 3 unspecified atom stereocenters. The Morgan fingerprint density at radius 3 is 2.27 bits per heavy atom. The van der Waals surface area contributed by atoms with Gasteiger partial charge in [-0.25, -0.2) is 19.4 Å². The Kier molecular flexibility index (Phi) is 20.6. The van der Waals surface area contributed by atoms with Gasteiger partial charge in [0.2, 0.25) is 0 Å². The molecule has 1 N–H and O–H groups in total. The first-order chi connectivity index (χ1) is 23.4. The van der Waals surface area contributed by atoms with Gasteiger partial charge in [0.25, 0.3) is 5.56 Å². The highest BCUT2D eigenvalue weighted by Gasteiger charge is 2.35. The lowest BCUT2D eigenvalue weighted by Crippen LogP contribution is -2.24. The minimum absolute atomic E-state index is 0.0181. The first kappa shape index (κ1) is 41.2. The van der Waals surface area contributed by atoms with Gasteiger partial charge in [0.05, 0.1) is 32.0 Å². The number of rotatable bonds is 29. The molecule has 48 heavy (non-hydrogen) atoms. The zero-order valence-electron chi connectivity index (χ0n) is 30.1. The number of aromatic nitrogens is 4. The molecule has 276 valence electrons. The normalized spacial score (nSPS) is 19.2. The fraction of sp³-hybridized carbons (Fsp3) is 0.857. The van der Waals surface area contributed by atoms with Gasteiger partial charge < -0.3 is 9.72 Å². The summed E-state index contributed by atoms with van der Waals surface area (Å²) in [5, 5.41) is 0.231. The summed E-state index contributed by atoms with van der Waals surface area (Å²) in [6.07, 6.45) is 24.3. The molecule has 1 fully saturated rings. The van der Waals surface area contributed by atoms with E-state index in [1.807, 2.05) is 25.6 Å². The Morgan fingerprint density at radius 1 is 0.917 bits per heavy atom. The van der Waals surface area contributed by atoms with Gasteiger partial charge in [0.1, 0.15) is 12.3 Å². The summed E-state index contributed by atoms with van der Waals surface area (Å²) in [5.41, 5.74) is 0.422. The van der Waals surface area contributed by atoms with Crippen LogP contribution in [0.15, 0.2) is 17.4 Å². The molecule has 0 aliphatic carbocycles. The number of thioether (sulfide) groups is 1. The van der Waals surface area contributed by atoms with Crippen LogP contribution >= 0.6 is 19.6 Å². The summed E-state index contributed by atoms with van der Waals surface area (Å²) < 4.78 is 38.5. The Labute approximate surface area is 292 Å². The van der Waals surface area contributed by atoms with Crippen LogP contribution in [0.2, 0.25) is 0 Å². The van der Waals surface area contributed by atoms with E-state index in [0.29, 0.717) is 24.9 Å². The third-order valence-electron chi connectivity index (χ3n) is 8.86. The second kappa shape index (κ2) is 24.0. The number of hydrogen-bond donors (Lipinski definition) is 1. The van der Waals surface area contributed by atoms with Crippen LogP contribution in [0.4, 0.5) is 0 Å². The summed E-state index contributed by atoms with van der Waals surface area (Å²) in [6, 6.07) is 0. The van der Waals surface area contributed by atoms with Crippen molar-refractivity contribution in [3.63, 3.8) is 0 Å². The molecule has 1 aliphatic rings. The average molecular weight is 715 g/mol. The lowest BCUT2D eigenvalue weighted by atomic mass is 10.1. The van der Waals surface area contributed by atoms with Crippen LogP contribution in [-0.4, -0.2) is 55.9 Å². The van der Waals surface area contributed by atoms with Crippen molar-refractivity contribution in [3.8, 4) is 0 Å². The van der Waals surface area contributed by atoms with E-state index in [4.69, 9.17) is 23.3 Å². The van der Waals surface area contributed by atoms with Gasteiger partial charge in [0.15, 0.2) is 11.2 Å². The molecule has 0 radical (unpaired) electrons. The maximum absolute atomic E-state index is 13.7. The van der Waals surface area contributed by atoms with Crippen molar-refractivity contribution in [2.24, 2.45) is 0 Å². The summed E-state index contributed by atoms with van der Waals surface area (Å²) in [7, 11) is -3.99. The van der Waals surface area contributed by atoms with Crippen molar-refractivity contribution in [2.75, 3.05) is 19.0 Å².